The van der Waals surface area contributed by atoms with Gasteiger partial charge < -0.3 is 21.0 Å². The van der Waals surface area contributed by atoms with Crippen molar-refractivity contribution in [2.24, 2.45) is 10.9 Å². The summed E-state index contributed by atoms with van der Waals surface area (Å²) in [4.78, 5) is 4.09. The van der Waals surface area contributed by atoms with Crippen molar-refractivity contribution in [3.63, 3.8) is 0 Å². The zero-order valence-corrected chi connectivity index (χ0v) is 10.9. The monoisotopic (exact) mass is 264 g/mol. The highest BCUT2D eigenvalue weighted by molar-refractivity contribution is 5.96. The second kappa shape index (κ2) is 9.07. The molecule has 1 aromatic rings. The predicted molar refractivity (Wildman–Crippen MR) is 74.1 cm³/mol. The molecule has 0 atom stereocenters. The lowest BCUT2D eigenvalue weighted by Gasteiger charge is -2.08. The molecule has 1 heterocycles. The molecule has 0 saturated heterocycles. The lowest BCUT2D eigenvalue weighted by atomic mass is 10.2. The number of nitrogens with zero attached hydrogens (tertiary/aromatic N) is 2. The molecule has 0 unspecified atom stereocenters. The molecule has 4 N–H and O–H groups in total. The number of nitrogens with two attached hydrogens (primary N) is 1. The van der Waals surface area contributed by atoms with Gasteiger partial charge in [-0.2, -0.15) is 0 Å². The van der Waals surface area contributed by atoms with Crippen molar-refractivity contribution in [2.75, 3.05) is 19.8 Å². The molecule has 0 radical (unpaired) electrons. The average Bonchev–Trinajstić information content (AvgIpc) is 2.46. The van der Waals surface area contributed by atoms with Gasteiger partial charge in [0.15, 0.2) is 5.84 Å². The first-order valence-corrected chi connectivity index (χ1v) is 6.10. The summed E-state index contributed by atoms with van der Waals surface area (Å²) in [7, 11) is 0. The van der Waals surface area contributed by atoms with Gasteiger partial charge in [-0.05, 0) is 18.1 Å². The van der Waals surface area contributed by atoms with E-state index < -0.39 is 0 Å². The van der Waals surface area contributed by atoms with Gasteiger partial charge in [-0.1, -0.05) is 17.3 Å². The molecule has 6 heteroatoms. The van der Waals surface area contributed by atoms with Gasteiger partial charge in [0.1, 0.15) is 5.69 Å². The number of ether oxygens (including phenoxy) is 1. The number of oxime groups is 1. The van der Waals surface area contributed by atoms with Crippen molar-refractivity contribution in [3.05, 3.63) is 42.2 Å². The van der Waals surface area contributed by atoms with E-state index in [0.717, 1.165) is 18.5 Å². The van der Waals surface area contributed by atoms with E-state index in [1.165, 1.54) is 0 Å². The van der Waals surface area contributed by atoms with Gasteiger partial charge in [0, 0.05) is 19.3 Å². The fourth-order valence-electron chi connectivity index (χ4n) is 1.50. The smallest absolute Gasteiger partial charge is 0.189 e. The molecule has 0 aliphatic rings. The van der Waals surface area contributed by atoms with E-state index in [2.05, 4.69) is 22.0 Å². The average molecular weight is 264 g/mol. The Morgan fingerprint density at radius 3 is 3.16 bits per heavy atom. The molecule has 0 saturated carbocycles. The number of pyridine rings is 1. The predicted octanol–water partition coefficient (Wildman–Crippen LogP) is 0.858. The first-order valence-electron chi connectivity index (χ1n) is 6.10. The number of hydrogen-bond donors (Lipinski definition) is 3. The normalized spacial score (nSPS) is 11.5. The number of nitrogens with one attached hydrogen (secondary N) is 1. The van der Waals surface area contributed by atoms with Crippen LogP contribution in [-0.4, -0.2) is 35.8 Å². The van der Waals surface area contributed by atoms with Gasteiger partial charge >= 0.3 is 0 Å². The Morgan fingerprint density at radius 1 is 1.58 bits per heavy atom. The molecule has 19 heavy (non-hydrogen) atoms. The Hall–Kier alpha value is -1.92. The van der Waals surface area contributed by atoms with Gasteiger partial charge in [-0.25, -0.2) is 0 Å². The van der Waals surface area contributed by atoms with Crippen molar-refractivity contribution in [2.45, 2.75) is 13.0 Å². The molecule has 1 aromatic heterocycles. The minimum absolute atomic E-state index is 0.0135. The summed E-state index contributed by atoms with van der Waals surface area (Å²) in [6.07, 6.45) is 4.29. The van der Waals surface area contributed by atoms with Crippen LogP contribution >= 0.6 is 0 Å². The third-order valence-electron chi connectivity index (χ3n) is 2.45. The van der Waals surface area contributed by atoms with E-state index in [1.54, 1.807) is 6.20 Å². The maximum Gasteiger partial charge on any atom is 0.189 e. The fraction of sp³-hybridized carbons (Fsp3) is 0.385. The summed E-state index contributed by atoms with van der Waals surface area (Å²) < 4.78 is 5.37. The second-order valence-corrected chi connectivity index (χ2v) is 3.86. The quantitative estimate of drug-likeness (QED) is 0.154. The molecule has 6 nitrogen and oxygen atoms in total. The van der Waals surface area contributed by atoms with Crippen LogP contribution in [0.25, 0.3) is 0 Å². The fourth-order valence-corrected chi connectivity index (χ4v) is 1.50. The van der Waals surface area contributed by atoms with Crippen LogP contribution in [0.4, 0.5) is 0 Å². The topological polar surface area (TPSA) is 92.8 Å². The number of rotatable bonds is 9. The van der Waals surface area contributed by atoms with E-state index in [9.17, 15) is 0 Å². The van der Waals surface area contributed by atoms with Crippen molar-refractivity contribution in [1.82, 2.24) is 10.3 Å². The van der Waals surface area contributed by atoms with Crippen LogP contribution in [0, 0.1) is 0 Å². The van der Waals surface area contributed by atoms with Crippen LogP contribution in [-0.2, 0) is 11.3 Å². The third kappa shape index (κ3) is 5.50. The summed E-state index contributed by atoms with van der Waals surface area (Å²) >= 11 is 0. The zero-order chi connectivity index (χ0) is 13.9. The Labute approximate surface area is 113 Å². The van der Waals surface area contributed by atoms with Crippen LogP contribution in [0.1, 0.15) is 17.7 Å². The van der Waals surface area contributed by atoms with Crippen LogP contribution in [0.5, 0.6) is 0 Å². The minimum Gasteiger partial charge on any atom is -0.409 e. The van der Waals surface area contributed by atoms with Gasteiger partial charge in [-0.3, -0.25) is 4.98 Å². The summed E-state index contributed by atoms with van der Waals surface area (Å²) in [5, 5.41) is 14.9. The van der Waals surface area contributed by atoms with Crippen molar-refractivity contribution >= 4 is 5.84 Å². The van der Waals surface area contributed by atoms with Crippen molar-refractivity contribution in [1.29, 1.82) is 0 Å². The Morgan fingerprint density at radius 2 is 2.42 bits per heavy atom. The molecule has 0 aliphatic heterocycles. The SMILES string of the molecule is C=CCCOCCNCc1cccnc1/C(N)=N\O. The standard InChI is InChI=1S/C13H20N4O2/c1-2-3-8-19-9-7-15-10-11-5-4-6-16-12(11)13(14)17-18/h2,4-6,15,18H,1,3,7-10H2,(H2,14,17). The van der Waals surface area contributed by atoms with Crippen LogP contribution in [0.3, 0.4) is 0 Å². The Kier molecular flexibility index (Phi) is 7.23. The van der Waals surface area contributed by atoms with E-state index in [4.69, 9.17) is 15.7 Å². The van der Waals surface area contributed by atoms with Gasteiger partial charge in [0.25, 0.3) is 0 Å². The lowest BCUT2D eigenvalue weighted by molar-refractivity contribution is 0.140. The number of amidine groups is 1. The lowest BCUT2D eigenvalue weighted by Crippen LogP contribution is -2.23. The first kappa shape index (κ1) is 15.1. The van der Waals surface area contributed by atoms with E-state index >= 15 is 0 Å². The van der Waals surface area contributed by atoms with Crippen LogP contribution in [0.15, 0.2) is 36.1 Å². The third-order valence-corrected chi connectivity index (χ3v) is 2.45. The summed E-state index contributed by atoms with van der Waals surface area (Å²) in [5.41, 5.74) is 6.93. The Balaban J connectivity index is 2.35. The molecular weight excluding hydrogens is 244 g/mol. The van der Waals surface area contributed by atoms with Gasteiger partial charge in [0.2, 0.25) is 0 Å². The van der Waals surface area contributed by atoms with Gasteiger partial charge in [-0.15, -0.1) is 6.58 Å². The van der Waals surface area contributed by atoms with E-state index in [0.29, 0.717) is 25.5 Å². The maximum absolute atomic E-state index is 8.68. The van der Waals surface area contributed by atoms with Gasteiger partial charge in [0.05, 0.1) is 13.2 Å². The summed E-state index contributed by atoms with van der Waals surface area (Å²) in [5.74, 6) is 0.0135. The van der Waals surface area contributed by atoms with Crippen LogP contribution in [0.2, 0.25) is 0 Å². The largest absolute Gasteiger partial charge is 0.409 e. The molecular formula is C13H20N4O2. The van der Waals surface area contributed by atoms with Crippen LogP contribution < -0.4 is 11.1 Å². The molecule has 0 bridgehead atoms. The number of hydrogen-bond acceptors (Lipinski definition) is 5. The number of aromatic nitrogens is 1. The van der Waals surface area contributed by atoms with Crippen molar-refractivity contribution in [3.8, 4) is 0 Å². The highest BCUT2D eigenvalue weighted by Gasteiger charge is 2.07. The second-order valence-electron chi connectivity index (χ2n) is 3.86. The summed E-state index contributed by atoms with van der Waals surface area (Å²) in [6.45, 7) is 6.25. The van der Waals surface area contributed by atoms with Crippen molar-refractivity contribution < 1.29 is 9.94 Å². The molecule has 0 amide bonds. The minimum atomic E-state index is 0.0135. The maximum atomic E-state index is 8.68. The molecule has 0 fully saturated rings. The zero-order valence-electron chi connectivity index (χ0n) is 10.9. The van der Waals surface area contributed by atoms with E-state index in [-0.39, 0.29) is 5.84 Å². The highest BCUT2D eigenvalue weighted by Crippen LogP contribution is 2.04. The molecule has 0 spiro atoms. The molecule has 0 aliphatic carbocycles. The molecule has 104 valence electrons. The Bertz CT molecular complexity index is 421. The highest BCUT2D eigenvalue weighted by atomic mass is 16.5. The van der Waals surface area contributed by atoms with E-state index in [1.807, 2.05) is 18.2 Å². The summed E-state index contributed by atoms with van der Waals surface area (Å²) in [6, 6.07) is 3.69. The molecule has 0 aromatic carbocycles. The first-order chi connectivity index (χ1) is 9.29. The molecule has 1 rings (SSSR count).